The predicted molar refractivity (Wildman–Crippen MR) is 120 cm³/mol. The van der Waals surface area contributed by atoms with Gasteiger partial charge in [0.25, 0.3) is 0 Å². The highest BCUT2D eigenvalue weighted by molar-refractivity contribution is 6.31. The molecule has 1 N–H and O–H groups in total. The summed E-state index contributed by atoms with van der Waals surface area (Å²) in [6.45, 7) is 9.46. The number of nitrogens with one attached hydrogen (secondary N) is 1. The molecule has 3 unspecified atom stereocenters. The number of nitrogens with zero attached hydrogens (tertiary/aromatic N) is 1. The number of halogens is 4. The number of benzene rings is 2. The van der Waals surface area contributed by atoms with Crippen molar-refractivity contribution in [2.45, 2.75) is 46.1 Å². The third-order valence-electron chi connectivity index (χ3n) is 6.09. The Kier molecular flexibility index (Phi) is 8.67. The first-order valence-electron chi connectivity index (χ1n) is 10.0. The van der Waals surface area contributed by atoms with Crippen LogP contribution in [0.1, 0.15) is 45.6 Å². The van der Waals surface area contributed by atoms with Crippen LogP contribution < -0.4 is 5.32 Å². The van der Waals surface area contributed by atoms with Gasteiger partial charge in [-0.25, -0.2) is 8.78 Å². The molecule has 1 fully saturated rings. The Bertz CT molecular complexity index is 876. The van der Waals surface area contributed by atoms with Crippen LogP contribution in [-0.4, -0.2) is 12.6 Å². The molecule has 2 aromatic carbocycles. The second-order valence-corrected chi connectivity index (χ2v) is 9.55. The van der Waals surface area contributed by atoms with Gasteiger partial charge in [0, 0.05) is 23.5 Å². The molecular weight excluding hydrogens is 425 g/mol. The standard InChI is InChI=1S/C18H24ClFN2.C6H4ClF/c1-11(2)18(3,4)8-16-13(9-21)14(10-22-16)12-6-5-7-15(19)17(12)20;7-5-2-1-3-6(8)4-5/h5-7,11,13-14,16,22H,8,10H2,1-4H3;1-4H. The molecule has 3 atom stereocenters. The number of nitriles is 1. The average Bonchev–Trinajstić information content (AvgIpc) is 3.05. The van der Waals surface area contributed by atoms with Crippen LogP contribution in [0.4, 0.5) is 8.78 Å². The zero-order valence-electron chi connectivity index (χ0n) is 17.7. The van der Waals surface area contributed by atoms with Crippen molar-refractivity contribution in [3.8, 4) is 6.07 Å². The highest BCUT2D eigenvalue weighted by atomic mass is 35.5. The van der Waals surface area contributed by atoms with Crippen molar-refractivity contribution in [3.63, 3.8) is 0 Å². The summed E-state index contributed by atoms with van der Waals surface area (Å²) in [5, 5.41) is 13.6. The molecule has 0 aliphatic carbocycles. The first-order valence-corrected chi connectivity index (χ1v) is 10.8. The third kappa shape index (κ3) is 6.17. The fraction of sp³-hybridized carbons (Fsp3) is 0.458. The van der Waals surface area contributed by atoms with Gasteiger partial charge in [0.2, 0.25) is 0 Å². The van der Waals surface area contributed by atoms with E-state index in [9.17, 15) is 14.0 Å². The van der Waals surface area contributed by atoms with Gasteiger partial charge in [0.1, 0.15) is 11.6 Å². The summed E-state index contributed by atoms with van der Waals surface area (Å²) in [4.78, 5) is 0. The van der Waals surface area contributed by atoms with Gasteiger partial charge in [0.15, 0.2) is 0 Å². The van der Waals surface area contributed by atoms with Crippen molar-refractivity contribution in [2.24, 2.45) is 17.3 Å². The number of hydrogen-bond donors (Lipinski definition) is 1. The van der Waals surface area contributed by atoms with Gasteiger partial charge >= 0.3 is 0 Å². The van der Waals surface area contributed by atoms with Gasteiger partial charge in [0.05, 0.1) is 17.0 Å². The van der Waals surface area contributed by atoms with E-state index in [1.54, 1.807) is 30.3 Å². The lowest BCUT2D eigenvalue weighted by Crippen LogP contribution is -2.34. The van der Waals surface area contributed by atoms with E-state index in [4.69, 9.17) is 23.2 Å². The molecule has 162 valence electrons. The molecule has 6 heteroatoms. The Morgan fingerprint density at radius 2 is 1.83 bits per heavy atom. The molecule has 1 aliphatic rings. The molecule has 1 aliphatic heterocycles. The van der Waals surface area contributed by atoms with Gasteiger partial charge in [-0.05, 0) is 47.6 Å². The van der Waals surface area contributed by atoms with Gasteiger partial charge in [-0.15, -0.1) is 0 Å². The maximum atomic E-state index is 14.3. The lowest BCUT2D eigenvalue weighted by atomic mass is 9.73. The Hall–Kier alpha value is -1.67. The molecule has 2 nitrogen and oxygen atoms in total. The second-order valence-electron chi connectivity index (χ2n) is 8.71. The SMILES string of the molecule is CC(C)C(C)(C)CC1NCC(c2cccc(Cl)c2F)C1C#N.Fc1cccc(Cl)c1. The van der Waals surface area contributed by atoms with Crippen LogP contribution in [0, 0.1) is 40.2 Å². The summed E-state index contributed by atoms with van der Waals surface area (Å²) < 4.78 is 26.4. The van der Waals surface area contributed by atoms with Gasteiger partial charge in [-0.1, -0.05) is 69.1 Å². The fourth-order valence-electron chi connectivity index (χ4n) is 3.56. The summed E-state index contributed by atoms with van der Waals surface area (Å²) in [5.74, 6) is -0.532. The predicted octanol–water partition coefficient (Wildman–Crippen LogP) is 7.23. The van der Waals surface area contributed by atoms with Crippen molar-refractivity contribution in [3.05, 3.63) is 69.7 Å². The topological polar surface area (TPSA) is 35.8 Å². The molecular formula is C24H28Cl2F2N2. The first-order chi connectivity index (χ1) is 14.1. The maximum absolute atomic E-state index is 14.3. The van der Waals surface area contributed by atoms with E-state index in [0.29, 0.717) is 23.0 Å². The Balaban J connectivity index is 0.000000335. The average molecular weight is 453 g/mol. The van der Waals surface area contributed by atoms with Crippen LogP contribution >= 0.6 is 23.2 Å². The van der Waals surface area contributed by atoms with Crippen molar-refractivity contribution < 1.29 is 8.78 Å². The Labute approximate surface area is 188 Å². The highest BCUT2D eigenvalue weighted by Gasteiger charge is 2.41. The normalized spacial score (nSPS) is 21.1. The maximum Gasteiger partial charge on any atom is 0.145 e. The molecule has 1 heterocycles. The molecule has 0 amide bonds. The van der Waals surface area contributed by atoms with E-state index < -0.39 is 0 Å². The molecule has 0 bridgehead atoms. The molecule has 0 aromatic heterocycles. The van der Waals surface area contributed by atoms with E-state index in [-0.39, 0.29) is 39.9 Å². The largest absolute Gasteiger partial charge is 0.312 e. The quantitative estimate of drug-likeness (QED) is 0.530. The molecule has 3 rings (SSSR count). The minimum absolute atomic E-state index is 0.0887. The fourth-order valence-corrected chi connectivity index (χ4v) is 3.92. The summed E-state index contributed by atoms with van der Waals surface area (Å²) in [5.41, 5.74) is 0.686. The van der Waals surface area contributed by atoms with Crippen LogP contribution in [0.25, 0.3) is 0 Å². The van der Waals surface area contributed by atoms with E-state index >= 15 is 0 Å². The van der Waals surface area contributed by atoms with Gasteiger partial charge in [-0.3, -0.25) is 0 Å². The van der Waals surface area contributed by atoms with Crippen molar-refractivity contribution in [1.29, 1.82) is 5.26 Å². The zero-order valence-corrected chi connectivity index (χ0v) is 19.2. The van der Waals surface area contributed by atoms with E-state index in [1.807, 2.05) is 0 Å². The molecule has 0 saturated carbocycles. The lowest BCUT2D eigenvalue weighted by Gasteiger charge is -2.33. The molecule has 2 aromatic rings. The molecule has 30 heavy (non-hydrogen) atoms. The molecule has 0 radical (unpaired) electrons. The minimum atomic E-state index is -0.389. The van der Waals surface area contributed by atoms with Gasteiger partial charge in [-0.2, -0.15) is 5.26 Å². The van der Waals surface area contributed by atoms with E-state index in [2.05, 4.69) is 39.1 Å². The van der Waals surface area contributed by atoms with Crippen LogP contribution in [0.3, 0.4) is 0 Å². The van der Waals surface area contributed by atoms with Crippen LogP contribution in [-0.2, 0) is 0 Å². The molecule has 0 spiro atoms. The number of rotatable bonds is 4. The smallest absolute Gasteiger partial charge is 0.145 e. The number of hydrogen-bond acceptors (Lipinski definition) is 2. The van der Waals surface area contributed by atoms with Crippen LogP contribution in [0.5, 0.6) is 0 Å². The Morgan fingerprint density at radius 1 is 1.17 bits per heavy atom. The summed E-state index contributed by atoms with van der Waals surface area (Å²) in [6.07, 6.45) is 0.904. The molecule has 1 saturated heterocycles. The van der Waals surface area contributed by atoms with Crippen molar-refractivity contribution in [2.75, 3.05) is 6.54 Å². The van der Waals surface area contributed by atoms with Crippen LogP contribution in [0.15, 0.2) is 42.5 Å². The van der Waals surface area contributed by atoms with Crippen molar-refractivity contribution >= 4 is 23.2 Å². The van der Waals surface area contributed by atoms with Crippen LogP contribution in [0.2, 0.25) is 10.0 Å². The van der Waals surface area contributed by atoms with Gasteiger partial charge < -0.3 is 5.32 Å². The third-order valence-corrected chi connectivity index (χ3v) is 6.62. The monoisotopic (exact) mass is 452 g/mol. The lowest BCUT2D eigenvalue weighted by molar-refractivity contribution is 0.196. The highest BCUT2D eigenvalue weighted by Crippen LogP contribution is 2.40. The first kappa shape index (κ1) is 24.6. The summed E-state index contributed by atoms with van der Waals surface area (Å²) in [6, 6.07) is 13.3. The summed E-state index contributed by atoms with van der Waals surface area (Å²) >= 11 is 11.3. The summed E-state index contributed by atoms with van der Waals surface area (Å²) in [7, 11) is 0. The zero-order chi connectivity index (χ0) is 22.5. The van der Waals surface area contributed by atoms with E-state index in [0.717, 1.165) is 6.42 Å². The second kappa shape index (κ2) is 10.6. The minimum Gasteiger partial charge on any atom is -0.312 e. The van der Waals surface area contributed by atoms with E-state index in [1.165, 1.54) is 12.1 Å². The Morgan fingerprint density at radius 3 is 2.37 bits per heavy atom. The van der Waals surface area contributed by atoms with Crippen molar-refractivity contribution in [1.82, 2.24) is 5.32 Å².